The fourth-order valence-corrected chi connectivity index (χ4v) is 3.61. The Hall–Kier alpha value is -3.32. The number of carbonyl (C=O) groups excluding carboxylic acids is 1. The number of carboxylic acid groups (broad SMARTS) is 1. The summed E-state index contributed by atoms with van der Waals surface area (Å²) < 4.78 is 49.6. The number of alkyl halides is 3. The minimum atomic E-state index is -5.08. The number of benzene rings is 1. The van der Waals surface area contributed by atoms with E-state index in [9.17, 15) is 18.0 Å². The molecule has 3 heterocycles. The summed E-state index contributed by atoms with van der Waals surface area (Å²) in [5.41, 5.74) is 2.28. The van der Waals surface area contributed by atoms with Crippen LogP contribution in [-0.4, -0.2) is 71.4 Å². The van der Waals surface area contributed by atoms with E-state index in [1.165, 1.54) is 0 Å². The Morgan fingerprint density at radius 2 is 2.00 bits per heavy atom. The lowest BCUT2D eigenvalue weighted by atomic mass is 10.1. The molecule has 186 valence electrons. The van der Waals surface area contributed by atoms with Gasteiger partial charge in [-0.25, -0.2) is 4.79 Å². The highest BCUT2D eigenvalue weighted by atomic mass is 19.4. The Balaban J connectivity index is 0.000000406. The highest BCUT2D eigenvalue weighted by molar-refractivity contribution is 5.76. The monoisotopic (exact) mass is 486 g/mol. The molecule has 2 aliphatic rings. The van der Waals surface area contributed by atoms with Crippen LogP contribution in [0.15, 0.2) is 30.5 Å². The van der Waals surface area contributed by atoms with Crippen LogP contribution >= 0.6 is 0 Å². The number of aliphatic carboxylic acids is 1. The van der Waals surface area contributed by atoms with Gasteiger partial charge in [0.05, 0.1) is 24.8 Å². The molecule has 0 saturated heterocycles. The number of halogens is 3. The van der Waals surface area contributed by atoms with Crippen molar-refractivity contribution in [2.45, 2.75) is 31.7 Å². The third-order valence-electron chi connectivity index (χ3n) is 5.09. The van der Waals surface area contributed by atoms with Crippen LogP contribution < -0.4 is 14.8 Å². The van der Waals surface area contributed by atoms with Crippen LogP contribution in [0.3, 0.4) is 0 Å². The number of aromatic nitrogens is 2. The maximum Gasteiger partial charge on any atom is 0.490 e. The highest BCUT2D eigenvalue weighted by Gasteiger charge is 2.38. The maximum atomic E-state index is 12.3. The van der Waals surface area contributed by atoms with Gasteiger partial charge in [-0.1, -0.05) is 6.07 Å². The molecule has 0 bridgehead atoms. The van der Waals surface area contributed by atoms with Gasteiger partial charge in [0, 0.05) is 39.5 Å². The van der Waals surface area contributed by atoms with Gasteiger partial charge in [-0.2, -0.15) is 18.3 Å². The molecule has 0 radical (unpaired) electrons. The SMILES string of the molecule is COCCNC(=O)CC1CN(Cc2ccc3c(c2)OCO3)Cc2ccnn21.O=C(O)C(F)(F)F. The lowest BCUT2D eigenvalue weighted by Gasteiger charge is -2.33. The minimum absolute atomic E-state index is 0.0142. The van der Waals surface area contributed by atoms with Gasteiger partial charge in [0.1, 0.15) is 0 Å². The van der Waals surface area contributed by atoms with Gasteiger partial charge in [0.2, 0.25) is 12.7 Å². The molecular formula is C21H25F3N4O6. The van der Waals surface area contributed by atoms with Crippen LogP contribution in [0.2, 0.25) is 0 Å². The molecule has 2 aliphatic heterocycles. The zero-order chi connectivity index (χ0) is 24.7. The molecular weight excluding hydrogens is 461 g/mol. The second-order valence-electron chi connectivity index (χ2n) is 7.63. The van der Waals surface area contributed by atoms with Crippen molar-refractivity contribution in [3.63, 3.8) is 0 Å². The first-order chi connectivity index (χ1) is 16.2. The number of hydrogen-bond donors (Lipinski definition) is 2. The van der Waals surface area contributed by atoms with Crippen LogP contribution in [0.25, 0.3) is 0 Å². The Morgan fingerprint density at radius 3 is 2.71 bits per heavy atom. The number of methoxy groups -OCH3 is 1. The van der Waals surface area contributed by atoms with Gasteiger partial charge >= 0.3 is 12.1 Å². The van der Waals surface area contributed by atoms with Crippen LogP contribution in [0.4, 0.5) is 13.2 Å². The van der Waals surface area contributed by atoms with E-state index in [1.54, 1.807) is 13.3 Å². The Kier molecular flexibility index (Phi) is 8.34. The molecule has 0 aliphatic carbocycles. The first-order valence-corrected chi connectivity index (χ1v) is 10.4. The first kappa shape index (κ1) is 25.3. The van der Waals surface area contributed by atoms with Crippen molar-refractivity contribution >= 4 is 11.9 Å². The molecule has 2 aromatic rings. The summed E-state index contributed by atoms with van der Waals surface area (Å²) in [5, 5.41) is 14.4. The van der Waals surface area contributed by atoms with Crippen LogP contribution in [0, 0.1) is 0 Å². The number of rotatable bonds is 7. The quantitative estimate of drug-likeness (QED) is 0.571. The van der Waals surface area contributed by atoms with Gasteiger partial charge in [-0.15, -0.1) is 0 Å². The fraction of sp³-hybridized carbons (Fsp3) is 0.476. The van der Waals surface area contributed by atoms with Crippen molar-refractivity contribution in [2.24, 2.45) is 0 Å². The average molecular weight is 486 g/mol. The third kappa shape index (κ3) is 6.84. The van der Waals surface area contributed by atoms with Gasteiger partial charge in [-0.3, -0.25) is 14.4 Å². The molecule has 34 heavy (non-hydrogen) atoms. The van der Waals surface area contributed by atoms with Crippen LogP contribution in [0.5, 0.6) is 11.5 Å². The summed E-state index contributed by atoms with van der Waals surface area (Å²) in [4.78, 5) is 23.5. The number of fused-ring (bicyclic) bond motifs is 2. The summed E-state index contributed by atoms with van der Waals surface area (Å²) in [7, 11) is 1.62. The molecule has 0 saturated carbocycles. The first-order valence-electron chi connectivity index (χ1n) is 10.4. The molecule has 2 N–H and O–H groups in total. The van der Waals surface area contributed by atoms with Gasteiger partial charge < -0.3 is 24.6 Å². The topological polar surface area (TPSA) is 115 Å². The minimum Gasteiger partial charge on any atom is -0.475 e. The van der Waals surface area contributed by atoms with Crippen molar-refractivity contribution in [1.29, 1.82) is 0 Å². The van der Waals surface area contributed by atoms with Crippen molar-refractivity contribution in [3.8, 4) is 11.5 Å². The van der Waals surface area contributed by atoms with Gasteiger partial charge in [0.25, 0.3) is 0 Å². The summed E-state index contributed by atoms with van der Waals surface area (Å²) in [6.45, 7) is 3.66. The highest BCUT2D eigenvalue weighted by Crippen LogP contribution is 2.33. The largest absolute Gasteiger partial charge is 0.490 e. The van der Waals surface area contributed by atoms with E-state index in [0.717, 1.165) is 42.4 Å². The number of amides is 1. The second kappa shape index (κ2) is 11.2. The van der Waals surface area contributed by atoms with E-state index in [1.807, 2.05) is 22.9 Å². The predicted octanol–water partition coefficient (Wildman–Crippen LogP) is 1.95. The zero-order valence-electron chi connectivity index (χ0n) is 18.4. The van der Waals surface area contributed by atoms with E-state index in [4.69, 9.17) is 24.1 Å². The van der Waals surface area contributed by atoms with E-state index < -0.39 is 12.1 Å². The van der Waals surface area contributed by atoms with Crippen molar-refractivity contribution in [2.75, 3.05) is 33.6 Å². The molecule has 10 nitrogen and oxygen atoms in total. The van der Waals surface area contributed by atoms with E-state index in [0.29, 0.717) is 19.6 Å². The molecule has 1 aromatic heterocycles. The number of ether oxygens (including phenoxy) is 3. The van der Waals surface area contributed by atoms with E-state index in [-0.39, 0.29) is 18.7 Å². The molecule has 4 rings (SSSR count). The lowest BCUT2D eigenvalue weighted by Crippen LogP contribution is -2.40. The number of nitrogens with zero attached hydrogens (tertiary/aromatic N) is 3. The normalized spacial score (nSPS) is 16.9. The van der Waals surface area contributed by atoms with Gasteiger partial charge in [-0.05, 0) is 23.8 Å². The molecule has 0 spiro atoms. The standard InChI is InChI=1S/C19H24N4O4.C2HF3O2/c1-25-7-6-20-19(24)9-16-12-22(11-15-4-5-21-23(15)16)10-14-2-3-17-18(8-14)27-13-26-17;3-2(4,5)1(6)7/h2-5,8,16H,6-7,9-13H2,1H3,(H,20,24);(H,6,7). The summed E-state index contributed by atoms with van der Waals surface area (Å²) in [6, 6.07) is 8.07. The number of carboxylic acids is 1. The zero-order valence-corrected chi connectivity index (χ0v) is 18.4. The van der Waals surface area contributed by atoms with Crippen LogP contribution in [-0.2, 0) is 27.4 Å². The predicted molar refractivity (Wildman–Crippen MR) is 111 cm³/mol. The smallest absolute Gasteiger partial charge is 0.475 e. The van der Waals surface area contributed by atoms with E-state index >= 15 is 0 Å². The Bertz CT molecular complexity index is 997. The molecule has 1 aromatic carbocycles. The Morgan fingerprint density at radius 1 is 1.26 bits per heavy atom. The van der Waals surface area contributed by atoms with Crippen LogP contribution in [0.1, 0.15) is 23.7 Å². The number of carbonyl (C=O) groups is 2. The number of nitrogens with one attached hydrogen (secondary N) is 1. The summed E-state index contributed by atoms with van der Waals surface area (Å²) in [6.07, 6.45) is -2.88. The molecule has 13 heteroatoms. The summed E-state index contributed by atoms with van der Waals surface area (Å²) >= 11 is 0. The molecule has 1 atom stereocenters. The maximum absolute atomic E-state index is 12.3. The Labute approximate surface area is 193 Å². The molecule has 1 unspecified atom stereocenters. The van der Waals surface area contributed by atoms with E-state index in [2.05, 4.69) is 21.4 Å². The van der Waals surface area contributed by atoms with Crippen molar-refractivity contribution < 1.29 is 42.1 Å². The third-order valence-corrected chi connectivity index (χ3v) is 5.09. The van der Waals surface area contributed by atoms with Gasteiger partial charge in [0.15, 0.2) is 11.5 Å². The molecule has 0 fully saturated rings. The molecule has 1 amide bonds. The van der Waals surface area contributed by atoms with Crippen molar-refractivity contribution in [1.82, 2.24) is 20.0 Å². The van der Waals surface area contributed by atoms with Crippen molar-refractivity contribution in [3.05, 3.63) is 41.7 Å². The second-order valence-corrected chi connectivity index (χ2v) is 7.63. The average Bonchev–Trinajstić information content (AvgIpc) is 3.42. The lowest BCUT2D eigenvalue weighted by molar-refractivity contribution is -0.192. The summed E-state index contributed by atoms with van der Waals surface area (Å²) in [5.74, 6) is -1.15. The fourth-order valence-electron chi connectivity index (χ4n) is 3.61. The number of hydrogen-bond acceptors (Lipinski definition) is 7.